The first-order valence-corrected chi connectivity index (χ1v) is 9.28. The number of hydrogen-bond donors (Lipinski definition) is 1. The first-order chi connectivity index (χ1) is 11.1. The smallest absolute Gasteiger partial charge is 0.263 e. The van der Waals surface area contributed by atoms with Crippen molar-refractivity contribution in [1.29, 1.82) is 0 Å². The van der Waals surface area contributed by atoms with Crippen LogP contribution in [0.25, 0.3) is 0 Å². The lowest BCUT2D eigenvalue weighted by atomic mass is 9.83. The second-order valence-corrected chi connectivity index (χ2v) is 7.92. The van der Waals surface area contributed by atoms with E-state index in [1.807, 2.05) is 16.8 Å². The largest absolute Gasteiger partial charge is 0.338 e. The third-order valence-corrected chi connectivity index (χ3v) is 6.04. The minimum absolute atomic E-state index is 0.0685. The molecule has 1 aromatic heterocycles. The summed E-state index contributed by atoms with van der Waals surface area (Å²) in [5, 5.41) is 3.11. The highest BCUT2D eigenvalue weighted by atomic mass is 35.5. The zero-order valence-corrected chi connectivity index (χ0v) is 14.8. The second kappa shape index (κ2) is 7.20. The van der Waals surface area contributed by atoms with E-state index in [0.717, 1.165) is 32.5 Å². The van der Waals surface area contributed by atoms with E-state index in [1.165, 1.54) is 11.3 Å². The third-order valence-electron chi connectivity index (χ3n) is 4.82. The van der Waals surface area contributed by atoms with E-state index in [0.29, 0.717) is 28.1 Å². The Morgan fingerprint density at radius 3 is 2.96 bits per heavy atom. The Bertz CT molecular complexity index is 592. The van der Waals surface area contributed by atoms with Crippen LogP contribution in [0.15, 0.2) is 12.1 Å². The van der Waals surface area contributed by atoms with Gasteiger partial charge in [0.1, 0.15) is 0 Å². The van der Waals surface area contributed by atoms with Crippen molar-refractivity contribution in [3.05, 3.63) is 21.3 Å². The average Bonchev–Trinajstić information content (AvgIpc) is 2.99. The molecule has 0 bridgehead atoms. The summed E-state index contributed by atoms with van der Waals surface area (Å²) in [5.74, 6) is 0.711. The van der Waals surface area contributed by atoms with E-state index in [4.69, 9.17) is 11.6 Å². The molecule has 1 aromatic rings. The number of likely N-dealkylation sites (N-methyl/N-ethyl adjacent to an activating group) is 1. The average molecular weight is 356 g/mol. The molecule has 0 radical (unpaired) electrons. The van der Waals surface area contributed by atoms with E-state index < -0.39 is 0 Å². The van der Waals surface area contributed by atoms with Crippen LogP contribution in [-0.4, -0.2) is 60.9 Å². The molecule has 0 saturated carbocycles. The van der Waals surface area contributed by atoms with Gasteiger partial charge in [0.15, 0.2) is 0 Å². The van der Waals surface area contributed by atoms with Gasteiger partial charge in [0, 0.05) is 38.6 Å². The normalized spacial score (nSPS) is 24.7. The summed E-state index contributed by atoms with van der Waals surface area (Å²) in [6.07, 6.45) is 2.34. The molecule has 3 heterocycles. The number of likely N-dealkylation sites (tertiary alicyclic amines) is 2. The second-order valence-electron chi connectivity index (χ2n) is 6.20. The molecule has 7 heteroatoms. The summed E-state index contributed by atoms with van der Waals surface area (Å²) in [6.45, 7) is 3.01. The van der Waals surface area contributed by atoms with Gasteiger partial charge in [-0.2, -0.15) is 0 Å². The zero-order chi connectivity index (χ0) is 16.4. The Morgan fingerprint density at radius 2 is 2.26 bits per heavy atom. The van der Waals surface area contributed by atoms with Crippen molar-refractivity contribution in [2.75, 3.05) is 33.2 Å². The van der Waals surface area contributed by atoms with E-state index in [1.54, 1.807) is 12.1 Å². The summed E-state index contributed by atoms with van der Waals surface area (Å²) >= 11 is 7.27. The molecule has 2 aliphatic rings. The van der Waals surface area contributed by atoms with E-state index >= 15 is 0 Å². The first kappa shape index (κ1) is 16.7. The monoisotopic (exact) mass is 355 g/mol. The molecule has 0 aromatic carbocycles. The maximum atomic E-state index is 12.6. The van der Waals surface area contributed by atoms with Gasteiger partial charge in [-0.1, -0.05) is 11.6 Å². The van der Waals surface area contributed by atoms with Gasteiger partial charge >= 0.3 is 0 Å². The molecule has 0 unspecified atom stereocenters. The Labute approximate surface area is 145 Å². The standard InChI is InChI=1S/C16H22ClN3O2S/c1-18-7-9-20-12-6-8-19(10-11(12)2-5-15(20)21)16(22)13-3-4-14(17)23-13/h3-4,11-12,18H,2,5-10H2,1H3/t11-,12+/m0/s1. The van der Waals surface area contributed by atoms with Crippen LogP contribution in [0.1, 0.15) is 28.9 Å². The fourth-order valence-electron chi connectivity index (χ4n) is 3.64. The highest BCUT2D eigenvalue weighted by Crippen LogP contribution is 2.32. The molecule has 5 nitrogen and oxygen atoms in total. The molecule has 2 fully saturated rings. The van der Waals surface area contributed by atoms with E-state index in [9.17, 15) is 9.59 Å². The molecule has 2 saturated heterocycles. The third kappa shape index (κ3) is 3.54. The van der Waals surface area contributed by atoms with Gasteiger partial charge in [0.2, 0.25) is 5.91 Å². The van der Waals surface area contributed by atoms with Gasteiger partial charge in [-0.25, -0.2) is 0 Å². The number of hydrogen-bond acceptors (Lipinski definition) is 4. The van der Waals surface area contributed by atoms with Gasteiger partial charge in [-0.05, 0) is 37.9 Å². The van der Waals surface area contributed by atoms with Crippen molar-refractivity contribution < 1.29 is 9.59 Å². The van der Waals surface area contributed by atoms with Crippen LogP contribution < -0.4 is 5.32 Å². The number of halogens is 1. The summed E-state index contributed by atoms with van der Waals surface area (Å²) in [7, 11) is 1.90. The van der Waals surface area contributed by atoms with Crippen molar-refractivity contribution in [2.45, 2.75) is 25.3 Å². The highest BCUT2D eigenvalue weighted by Gasteiger charge is 2.40. The van der Waals surface area contributed by atoms with Crippen LogP contribution in [0, 0.1) is 5.92 Å². The Balaban J connectivity index is 1.66. The van der Waals surface area contributed by atoms with Crippen LogP contribution >= 0.6 is 22.9 Å². The molecule has 126 valence electrons. The molecule has 1 N–H and O–H groups in total. The van der Waals surface area contributed by atoms with Gasteiger partial charge < -0.3 is 15.1 Å². The Kier molecular flexibility index (Phi) is 5.24. The lowest BCUT2D eigenvalue weighted by molar-refractivity contribution is -0.140. The number of piperidine rings is 2. The van der Waals surface area contributed by atoms with Crippen LogP contribution in [0.5, 0.6) is 0 Å². The van der Waals surface area contributed by atoms with Gasteiger partial charge in [-0.3, -0.25) is 9.59 Å². The maximum absolute atomic E-state index is 12.6. The molecule has 2 atom stereocenters. The minimum Gasteiger partial charge on any atom is -0.338 e. The number of fused-ring (bicyclic) bond motifs is 1. The molecular weight excluding hydrogens is 334 g/mol. The molecule has 0 spiro atoms. The maximum Gasteiger partial charge on any atom is 0.263 e. The molecule has 3 rings (SSSR count). The van der Waals surface area contributed by atoms with Crippen molar-refractivity contribution in [3.63, 3.8) is 0 Å². The highest BCUT2D eigenvalue weighted by molar-refractivity contribution is 7.17. The molecule has 2 amide bonds. The number of rotatable bonds is 4. The summed E-state index contributed by atoms with van der Waals surface area (Å²) in [4.78, 5) is 29.4. The number of thiophene rings is 1. The Hall–Kier alpha value is -1.11. The summed E-state index contributed by atoms with van der Waals surface area (Å²) in [5.41, 5.74) is 0. The molecular formula is C16H22ClN3O2S. The zero-order valence-electron chi connectivity index (χ0n) is 13.3. The number of amides is 2. The number of carbonyl (C=O) groups is 2. The van der Waals surface area contributed by atoms with Crippen LogP contribution in [0.3, 0.4) is 0 Å². The predicted molar refractivity (Wildman–Crippen MR) is 92.0 cm³/mol. The van der Waals surface area contributed by atoms with Crippen LogP contribution in [0.2, 0.25) is 4.34 Å². The quantitative estimate of drug-likeness (QED) is 0.899. The van der Waals surface area contributed by atoms with Crippen molar-refractivity contribution in [2.24, 2.45) is 5.92 Å². The minimum atomic E-state index is 0.0685. The van der Waals surface area contributed by atoms with Gasteiger partial charge in [0.05, 0.1) is 9.21 Å². The van der Waals surface area contributed by atoms with Crippen molar-refractivity contribution >= 4 is 34.8 Å². The summed E-state index contributed by atoms with van der Waals surface area (Å²) < 4.78 is 0.643. The van der Waals surface area contributed by atoms with Crippen molar-refractivity contribution in [3.8, 4) is 0 Å². The first-order valence-electron chi connectivity index (χ1n) is 8.09. The fraction of sp³-hybridized carbons (Fsp3) is 0.625. The lowest BCUT2D eigenvalue weighted by Crippen LogP contribution is -2.57. The van der Waals surface area contributed by atoms with Gasteiger partial charge in [-0.15, -0.1) is 11.3 Å². The topological polar surface area (TPSA) is 52.7 Å². The predicted octanol–water partition coefficient (Wildman–Crippen LogP) is 2.07. The molecule has 23 heavy (non-hydrogen) atoms. The number of nitrogens with one attached hydrogen (secondary N) is 1. The van der Waals surface area contributed by atoms with E-state index in [2.05, 4.69) is 5.32 Å². The fourth-order valence-corrected chi connectivity index (χ4v) is 4.65. The van der Waals surface area contributed by atoms with E-state index in [-0.39, 0.29) is 17.9 Å². The van der Waals surface area contributed by atoms with Crippen LogP contribution in [-0.2, 0) is 4.79 Å². The SMILES string of the molecule is CNCCN1C(=O)CC[C@H]2CN(C(=O)c3ccc(Cl)s3)CC[C@H]21. The number of nitrogens with zero attached hydrogens (tertiary/aromatic N) is 2. The number of carbonyl (C=O) groups excluding carboxylic acids is 2. The van der Waals surface area contributed by atoms with Crippen molar-refractivity contribution in [1.82, 2.24) is 15.1 Å². The van der Waals surface area contributed by atoms with Crippen LogP contribution in [0.4, 0.5) is 0 Å². The Morgan fingerprint density at radius 1 is 1.43 bits per heavy atom. The lowest BCUT2D eigenvalue weighted by Gasteiger charge is -2.47. The summed E-state index contributed by atoms with van der Waals surface area (Å²) in [6, 6.07) is 3.84. The molecule has 2 aliphatic heterocycles. The van der Waals surface area contributed by atoms with Gasteiger partial charge in [0.25, 0.3) is 5.91 Å². The molecule has 0 aliphatic carbocycles.